The first kappa shape index (κ1) is 23.1. The Balaban J connectivity index is 1.17. The second-order valence-corrected chi connectivity index (χ2v) is 10.1. The standard InChI is InChI=1S/C29H27F2NO4/c30-26-10-9-18(11-27(26)31)12-29(34)13-19-15-35-16-20(14-29)32(19)28(33)36-17-25-23-7-3-1-5-21(23)22-6-2-4-8-24(22)25/h1-11,19-20,25,34H,12-17H2. The van der Waals surface area contributed by atoms with Gasteiger partial charge in [-0.15, -0.1) is 0 Å². The lowest BCUT2D eigenvalue weighted by Gasteiger charge is -2.51. The van der Waals surface area contributed by atoms with Crippen molar-refractivity contribution >= 4 is 6.09 Å². The molecule has 3 aromatic rings. The Kier molecular flexibility index (Phi) is 5.77. The number of carbonyl (C=O) groups is 1. The second-order valence-electron chi connectivity index (χ2n) is 10.1. The Morgan fingerprint density at radius 2 is 1.56 bits per heavy atom. The largest absolute Gasteiger partial charge is 0.448 e. The fraction of sp³-hybridized carbons (Fsp3) is 0.345. The zero-order chi connectivity index (χ0) is 24.9. The second kappa shape index (κ2) is 8.98. The zero-order valence-corrected chi connectivity index (χ0v) is 19.7. The highest BCUT2D eigenvalue weighted by Crippen LogP contribution is 2.45. The number of halogens is 2. The van der Waals surface area contributed by atoms with Crippen LogP contribution in [0.5, 0.6) is 0 Å². The first-order valence-corrected chi connectivity index (χ1v) is 12.3. The molecule has 0 spiro atoms. The molecule has 0 aromatic heterocycles. The van der Waals surface area contributed by atoms with E-state index in [1.807, 2.05) is 24.3 Å². The summed E-state index contributed by atoms with van der Waals surface area (Å²) in [5, 5.41) is 11.4. The van der Waals surface area contributed by atoms with Crippen LogP contribution in [0.4, 0.5) is 13.6 Å². The average Bonchev–Trinajstić information content (AvgIpc) is 3.18. The summed E-state index contributed by atoms with van der Waals surface area (Å²) in [4.78, 5) is 15.0. The summed E-state index contributed by atoms with van der Waals surface area (Å²) in [6, 6.07) is 19.3. The molecule has 2 atom stereocenters. The van der Waals surface area contributed by atoms with E-state index >= 15 is 0 Å². The van der Waals surface area contributed by atoms with Gasteiger partial charge in [-0.25, -0.2) is 13.6 Å². The van der Waals surface area contributed by atoms with Gasteiger partial charge >= 0.3 is 6.09 Å². The van der Waals surface area contributed by atoms with Crippen LogP contribution in [0.25, 0.3) is 11.1 Å². The van der Waals surface area contributed by atoms with E-state index in [1.165, 1.54) is 17.2 Å². The Morgan fingerprint density at radius 1 is 0.944 bits per heavy atom. The molecule has 0 saturated carbocycles. The maximum absolute atomic E-state index is 13.7. The lowest BCUT2D eigenvalue weighted by atomic mass is 9.78. The topological polar surface area (TPSA) is 59.0 Å². The van der Waals surface area contributed by atoms with E-state index in [0.29, 0.717) is 18.8 Å². The van der Waals surface area contributed by atoms with Gasteiger partial charge in [-0.2, -0.15) is 0 Å². The van der Waals surface area contributed by atoms with Crippen LogP contribution in [-0.2, 0) is 15.9 Å². The molecule has 2 unspecified atom stereocenters. The van der Waals surface area contributed by atoms with Gasteiger partial charge in [0, 0.05) is 12.3 Å². The Hall–Kier alpha value is -3.29. The molecular formula is C29H27F2NO4. The van der Waals surface area contributed by atoms with Crippen LogP contribution >= 0.6 is 0 Å². The van der Waals surface area contributed by atoms with E-state index in [4.69, 9.17) is 9.47 Å². The van der Waals surface area contributed by atoms with Crippen molar-refractivity contribution in [2.24, 2.45) is 0 Å². The smallest absolute Gasteiger partial charge is 0.410 e. The highest BCUT2D eigenvalue weighted by molar-refractivity contribution is 5.79. The molecular weight excluding hydrogens is 464 g/mol. The molecule has 2 saturated heterocycles. The third-order valence-electron chi connectivity index (χ3n) is 7.70. The van der Waals surface area contributed by atoms with Crippen molar-refractivity contribution in [3.63, 3.8) is 0 Å². The Morgan fingerprint density at radius 3 is 2.17 bits per heavy atom. The third kappa shape index (κ3) is 4.06. The van der Waals surface area contributed by atoms with Crippen molar-refractivity contribution in [1.29, 1.82) is 0 Å². The first-order chi connectivity index (χ1) is 17.4. The number of ether oxygens (including phenoxy) is 2. The molecule has 2 bridgehead atoms. The predicted octanol–water partition coefficient (Wildman–Crippen LogP) is 5.05. The highest BCUT2D eigenvalue weighted by atomic mass is 19.2. The summed E-state index contributed by atoms with van der Waals surface area (Å²) in [7, 11) is 0. The van der Waals surface area contributed by atoms with Gasteiger partial charge in [0.05, 0.1) is 30.9 Å². The minimum Gasteiger partial charge on any atom is -0.448 e. The van der Waals surface area contributed by atoms with Gasteiger partial charge in [-0.1, -0.05) is 54.6 Å². The van der Waals surface area contributed by atoms with Gasteiger partial charge < -0.3 is 14.6 Å². The van der Waals surface area contributed by atoms with Gasteiger partial charge in [0.2, 0.25) is 0 Å². The van der Waals surface area contributed by atoms with E-state index < -0.39 is 23.3 Å². The highest BCUT2D eigenvalue weighted by Gasteiger charge is 2.48. The van der Waals surface area contributed by atoms with Crippen molar-refractivity contribution in [3.05, 3.63) is 95.1 Å². The molecule has 3 aliphatic rings. The van der Waals surface area contributed by atoms with Crippen LogP contribution in [0.15, 0.2) is 66.7 Å². The van der Waals surface area contributed by atoms with Crippen LogP contribution < -0.4 is 0 Å². The van der Waals surface area contributed by atoms with E-state index in [0.717, 1.165) is 23.3 Å². The summed E-state index contributed by atoms with van der Waals surface area (Å²) >= 11 is 0. The summed E-state index contributed by atoms with van der Waals surface area (Å²) in [5.74, 6) is -1.88. The summed E-state index contributed by atoms with van der Waals surface area (Å²) in [5.41, 5.74) is 4.00. The van der Waals surface area contributed by atoms with Gasteiger partial charge in [-0.3, -0.25) is 4.90 Å². The average molecular weight is 492 g/mol. The molecule has 5 nitrogen and oxygen atoms in total. The molecule has 186 valence electrons. The quantitative estimate of drug-likeness (QED) is 0.555. The van der Waals surface area contributed by atoms with Gasteiger partial charge in [0.25, 0.3) is 0 Å². The van der Waals surface area contributed by atoms with Crippen molar-refractivity contribution in [3.8, 4) is 11.1 Å². The molecule has 2 aliphatic heterocycles. The molecule has 2 heterocycles. The fourth-order valence-corrected chi connectivity index (χ4v) is 6.21. The van der Waals surface area contributed by atoms with Crippen LogP contribution in [0.1, 0.15) is 35.4 Å². The number of nitrogens with zero attached hydrogens (tertiary/aromatic N) is 1. The van der Waals surface area contributed by atoms with E-state index in [-0.39, 0.29) is 43.9 Å². The van der Waals surface area contributed by atoms with Crippen LogP contribution in [0, 0.1) is 11.6 Å². The molecule has 1 aliphatic carbocycles. The number of amides is 1. The number of morpholine rings is 1. The predicted molar refractivity (Wildman–Crippen MR) is 130 cm³/mol. The van der Waals surface area contributed by atoms with Crippen molar-refractivity contribution in [2.45, 2.75) is 42.9 Å². The molecule has 0 radical (unpaired) electrons. The first-order valence-electron chi connectivity index (χ1n) is 12.3. The van der Waals surface area contributed by atoms with Crippen molar-refractivity contribution in [2.75, 3.05) is 19.8 Å². The number of carbonyl (C=O) groups excluding carboxylic acids is 1. The molecule has 7 heteroatoms. The molecule has 1 amide bonds. The molecule has 2 fully saturated rings. The normalized spacial score (nSPS) is 24.8. The summed E-state index contributed by atoms with van der Waals surface area (Å²) in [6.07, 6.45) is 0.305. The number of piperidine rings is 1. The number of rotatable bonds is 4. The molecule has 1 N–H and O–H groups in total. The van der Waals surface area contributed by atoms with Crippen LogP contribution in [-0.4, -0.2) is 53.6 Å². The van der Waals surface area contributed by atoms with Crippen LogP contribution in [0.2, 0.25) is 0 Å². The maximum Gasteiger partial charge on any atom is 0.410 e. The van der Waals surface area contributed by atoms with E-state index in [2.05, 4.69) is 24.3 Å². The third-order valence-corrected chi connectivity index (χ3v) is 7.70. The minimum atomic E-state index is -1.15. The molecule has 36 heavy (non-hydrogen) atoms. The van der Waals surface area contributed by atoms with Crippen molar-refractivity contribution in [1.82, 2.24) is 4.90 Å². The number of hydrogen-bond acceptors (Lipinski definition) is 4. The van der Waals surface area contributed by atoms with Crippen molar-refractivity contribution < 1.29 is 28.2 Å². The molecule has 3 aromatic carbocycles. The van der Waals surface area contributed by atoms with Gasteiger partial charge in [0.15, 0.2) is 11.6 Å². The van der Waals surface area contributed by atoms with E-state index in [9.17, 15) is 18.7 Å². The summed E-state index contributed by atoms with van der Waals surface area (Å²) < 4.78 is 38.6. The Bertz CT molecular complexity index is 1250. The lowest BCUT2D eigenvalue weighted by molar-refractivity contribution is -0.132. The summed E-state index contributed by atoms with van der Waals surface area (Å²) in [6.45, 7) is 0.810. The minimum absolute atomic E-state index is 0.0347. The number of hydrogen-bond donors (Lipinski definition) is 1. The number of benzene rings is 3. The van der Waals surface area contributed by atoms with Gasteiger partial charge in [-0.05, 0) is 52.8 Å². The SMILES string of the molecule is O=C(OCC1c2ccccc2-c2ccccc21)N1C2COCC1CC(O)(Cc1ccc(F)c(F)c1)C2. The van der Waals surface area contributed by atoms with Crippen LogP contribution in [0.3, 0.4) is 0 Å². The maximum atomic E-state index is 13.7. The monoisotopic (exact) mass is 491 g/mol. The Labute approximate surface area is 208 Å². The van der Waals surface area contributed by atoms with Gasteiger partial charge in [0.1, 0.15) is 6.61 Å². The lowest BCUT2D eigenvalue weighted by Crippen LogP contribution is -2.64. The zero-order valence-electron chi connectivity index (χ0n) is 19.7. The number of aliphatic hydroxyl groups is 1. The number of fused-ring (bicyclic) bond motifs is 5. The van der Waals surface area contributed by atoms with E-state index in [1.54, 1.807) is 4.90 Å². The fourth-order valence-electron chi connectivity index (χ4n) is 6.21. The molecule has 6 rings (SSSR count).